The summed E-state index contributed by atoms with van der Waals surface area (Å²) in [4.78, 5) is 2.50. The van der Waals surface area contributed by atoms with Crippen LogP contribution in [0.2, 0.25) is 0 Å². The zero-order valence-corrected chi connectivity index (χ0v) is 12.9. The van der Waals surface area contributed by atoms with Crippen molar-refractivity contribution in [1.82, 2.24) is 4.90 Å². The van der Waals surface area contributed by atoms with Gasteiger partial charge in [0.1, 0.15) is 5.60 Å². The summed E-state index contributed by atoms with van der Waals surface area (Å²) in [5.74, 6) is 0.610. The Morgan fingerprint density at radius 1 is 0.955 bits per heavy atom. The Hall–Kier alpha value is -1.64. The highest BCUT2D eigenvalue weighted by atomic mass is 16.3. The van der Waals surface area contributed by atoms with E-state index < -0.39 is 5.60 Å². The fourth-order valence-electron chi connectivity index (χ4n) is 4.44. The maximum absolute atomic E-state index is 11.4. The molecule has 2 aromatic carbocycles. The minimum atomic E-state index is -0.683. The molecule has 5 rings (SSSR count). The molecule has 114 valence electrons. The molecule has 0 radical (unpaired) electrons. The monoisotopic (exact) mass is 293 g/mol. The lowest BCUT2D eigenvalue weighted by Crippen LogP contribution is -2.60. The lowest BCUT2D eigenvalue weighted by atomic mass is 9.67. The van der Waals surface area contributed by atoms with Gasteiger partial charge in [-0.05, 0) is 36.3 Å². The number of fused-ring (bicyclic) bond motifs is 3. The largest absolute Gasteiger partial charge is 0.384 e. The second-order valence-electron chi connectivity index (χ2n) is 6.87. The van der Waals surface area contributed by atoms with Gasteiger partial charge in [0.25, 0.3) is 0 Å². The number of piperidine rings is 2. The van der Waals surface area contributed by atoms with E-state index in [9.17, 15) is 5.11 Å². The van der Waals surface area contributed by atoms with Crippen molar-refractivity contribution in [2.24, 2.45) is 5.92 Å². The summed E-state index contributed by atoms with van der Waals surface area (Å²) in [5, 5.41) is 11.4. The molecule has 0 spiro atoms. The van der Waals surface area contributed by atoms with Crippen LogP contribution in [0.1, 0.15) is 30.4 Å². The lowest BCUT2D eigenvalue weighted by Gasteiger charge is -2.55. The molecule has 1 N–H and O–H groups in total. The van der Waals surface area contributed by atoms with Gasteiger partial charge in [0.15, 0.2) is 0 Å². The van der Waals surface area contributed by atoms with Crippen molar-refractivity contribution in [2.45, 2.75) is 37.5 Å². The lowest BCUT2D eigenvalue weighted by molar-refractivity contribution is -0.140. The summed E-state index contributed by atoms with van der Waals surface area (Å²) in [6.45, 7) is 2.06. The fraction of sp³-hybridized carbons (Fsp3) is 0.400. The quantitative estimate of drug-likeness (QED) is 0.935. The maximum Gasteiger partial charge on any atom is 0.105 e. The third-order valence-corrected chi connectivity index (χ3v) is 5.44. The molecular formula is C20H23NO. The third-order valence-electron chi connectivity index (χ3n) is 5.44. The average Bonchev–Trinajstić information content (AvgIpc) is 2.57. The highest BCUT2D eigenvalue weighted by Gasteiger charge is 2.50. The van der Waals surface area contributed by atoms with E-state index in [4.69, 9.17) is 0 Å². The topological polar surface area (TPSA) is 23.5 Å². The second-order valence-corrected chi connectivity index (χ2v) is 6.87. The zero-order valence-electron chi connectivity index (χ0n) is 12.9. The second kappa shape index (κ2) is 5.53. The van der Waals surface area contributed by atoms with Crippen LogP contribution in [-0.2, 0) is 12.1 Å². The minimum Gasteiger partial charge on any atom is -0.384 e. The molecule has 0 unspecified atom stereocenters. The van der Waals surface area contributed by atoms with Crippen LogP contribution in [-0.4, -0.2) is 22.6 Å². The van der Waals surface area contributed by atoms with E-state index in [1.807, 2.05) is 18.2 Å². The summed E-state index contributed by atoms with van der Waals surface area (Å²) < 4.78 is 0. The summed E-state index contributed by atoms with van der Waals surface area (Å²) in [7, 11) is 0. The van der Waals surface area contributed by atoms with Gasteiger partial charge in [0, 0.05) is 19.1 Å². The Balaban J connectivity index is 1.63. The highest BCUT2D eigenvalue weighted by Crippen LogP contribution is 2.47. The van der Waals surface area contributed by atoms with E-state index in [2.05, 4.69) is 47.4 Å². The molecule has 2 heterocycles. The molecule has 2 saturated heterocycles. The van der Waals surface area contributed by atoms with Crippen LogP contribution in [0.15, 0.2) is 60.7 Å². The van der Waals surface area contributed by atoms with Crippen molar-refractivity contribution in [1.29, 1.82) is 0 Å². The normalized spacial score (nSPS) is 31.3. The Bertz CT molecular complexity index is 627. The summed E-state index contributed by atoms with van der Waals surface area (Å²) >= 11 is 0. The van der Waals surface area contributed by atoms with Crippen molar-refractivity contribution < 1.29 is 5.11 Å². The smallest absolute Gasteiger partial charge is 0.105 e. The summed E-state index contributed by atoms with van der Waals surface area (Å²) in [6.07, 6.45) is 3.26. The number of rotatable bonds is 3. The van der Waals surface area contributed by atoms with Crippen LogP contribution in [0.4, 0.5) is 0 Å². The molecule has 2 bridgehead atoms. The first kappa shape index (κ1) is 14.0. The van der Waals surface area contributed by atoms with E-state index in [1.54, 1.807) is 0 Å². The molecular weight excluding hydrogens is 270 g/mol. The molecule has 1 saturated carbocycles. The van der Waals surface area contributed by atoms with Gasteiger partial charge in [-0.15, -0.1) is 0 Å². The van der Waals surface area contributed by atoms with Gasteiger partial charge in [-0.3, -0.25) is 4.90 Å². The van der Waals surface area contributed by atoms with Gasteiger partial charge in [0.2, 0.25) is 0 Å². The van der Waals surface area contributed by atoms with E-state index in [0.717, 1.165) is 31.5 Å². The molecule has 2 aromatic rings. The number of hydrogen-bond acceptors (Lipinski definition) is 2. The average molecular weight is 293 g/mol. The standard InChI is InChI=1S/C20H23NO/c22-20(18-9-5-2-6-10-18)13-17-11-12-19(20)21(15-17)14-16-7-3-1-4-8-16/h1-10,17,19,22H,11-15H2/t17-,19-,20-/m1/s1. The van der Waals surface area contributed by atoms with Crippen LogP contribution >= 0.6 is 0 Å². The Labute approximate surface area is 132 Å². The van der Waals surface area contributed by atoms with Crippen LogP contribution < -0.4 is 0 Å². The molecule has 3 atom stereocenters. The zero-order chi connectivity index (χ0) is 15.0. The molecule has 2 nitrogen and oxygen atoms in total. The van der Waals surface area contributed by atoms with Crippen LogP contribution in [0, 0.1) is 5.92 Å². The van der Waals surface area contributed by atoms with E-state index >= 15 is 0 Å². The highest BCUT2D eigenvalue weighted by molar-refractivity contribution is 5.27. The first-order chi connectivity index (χ1) is 10.8. The number of benzene rings is 2. The van der Waals surface area contributed by atoms with Gasteiger partial charge >= 0.3 is 0 Å². The first-order valence-electron chi connectivity index (χ1n) is 8.31. The summed E-state index contributed by atoms with van der Waals surface area (Å²) in [5.41, 5.74) is 1.74. The van der Waals surface area contributed by atoms with Crippen molar-refractivity contribution in [3.63, 3.8) is 0 Å². The third kappa shape index (κ3) is 2.37. The van der Waals surface area contributed by atoms with Gasteiger partial charge < -0.3 is 5.11 Å². The fourth-order valence-corrected chi connectivity index (χ4v) is 4.44. The molecule has 3 fully saturated rings. The van der Waals surface area contributed by atoms with E-state index in [1.165, 1.54) is 12.0 Å². The van der Waals surface area contributed by atoms with E-state index in [-0.39, 0.29) is 6.04 Å². The Kier molecular flexibility index (Phi) is 3.51. The van der Waals surface area contributed by atoms with Crippen molar-refractivity contribution in [2.75, 3.05) is 6.54 Å². The molecule has 2 heteroatoms. The molecule has 22 heavy (non-hydrogen) atoms. The number of hydrogen-bond donors (Lipinski definition) is 1. The maximum atomic E-state index is 11.4. The van der Waals surface area contributed by atoms with Crippen LogP contribution in [0.5, 0.6) is 0 Å². The number of aliphatic hydroxyl groups is 1. The van der Waals surface area contributed by atoms with Crippen LogP contribution in [0.3, 0.4) is 0 Å². The molecule has 0 aromatic heterocycles. The van der Waals surface area contributed by atoms with Gasteiger partial charge in [-0.1, -0.05) is 60.7 Å². The van der Waals surface area contributed by atoms with Gasteiger partial charge in [-0.2, -0.15) is 0 Å². The van der Waals surface area contributed by atoms with E-state index in [0.29, 0.717) is 5.92 Å². The molecule has 3 aliphatic rings. The Morgan fingerprint density at radius 2 is 1.64 bits per heavy atom. The summed E-state index contributed by atoms with van der Waals surface area (Å²) in [6, 6.07) is 21.1. The molecule has 2 aliphatic heterocycles. The molecule has 1 aliphatic carbocycles. The van der Waals surface area contributed by atoms with Crippen molar-refractivity contribution in [3.8, 4) is 0 Å². The van der Waals surface area contributed by atoms with Gasteiger partial charge in [0.05, 0.1) is 0 Å². The first-order valence-corrected chi connectivity index (χ1v) is 8.31. The van der Waals surface area contributed by atoms with Crippen molar-refractivity contribution in [3.05, 3.63) is 71.8 Å². The molecule has 0 amide bonds. The minimum absolute atomic E-state index is 0.236. The Morgan fingerprint density at radius 3 is 2.32 bits per heavy atom. The predicted octanol–water partition coefficient (Wildman–Crippen LogP) is 3.56. The number of nitrogens with zero attached hydrogens (tertiary/aromatic N) is 1. The van der Waals surface area contributed by atoms with Gasteiger partial charge in [-0.25, -0.2) is 0 Å². The SMILES string of the molecule is O[C@@]1(c2ccccc2)C[C@H]2CC[C@H]1N(Cc1ccccc1)C2. The van der Waals surface area contributed by atoms with Crippen LogP contribution in [0.25, 0.3) is 0 Å². The van der Waals surface area contributed by atoms with Crippen molar-refractivity contribution >= 4 is 0 Å². The predicted molar refractivity (Wildman–Crippen MR) is 88.3 cm³/mol.